The Balaban J connectivity index is 3.05. The number of hydrogen-bond acceptors (Lipinski definition) is 3. The van der Waals surface area contributed by atoms with Crippen LogP contribution in [0, 0.1) is 3.57 Å². The Labute approximate surface area is 130 Å². The number of rotatable bonds is 4. The van der Waals surface area contributed by atoms with Gasteiger partial charge in [0.05, 0.1) is 11.1 Å². The van der Waals surface area contributed by atoms with Crippen LogP contribution in [0.5, 0.6) is 0 Å². The van der Waals surface area contributed by atoms with Gasteiger partial charge in [0, 0.05) is 8.59 Å². The number of nitrogens with zero attached hydrogens (tertiary/aromatic N) is 1. The fraction of sp³-hybridized carbons (Fsp3) is 0.333. The summed E-state index contributed by atoms with van der Waals surface area (Å²) in [5.74, 6) is -0.358. The third kappa shape index (κ3) is 3.73. The SMILES string of the molecule is CCC(C)(NC(=O)c1cc(Cl)ccc1I)/C(N)=N/O. The molecule has 104 valence electrons. The smallest absolute Gasteiger partial charge is 0.253 e. The van der Waals surface area contributed by atoms with Crippen molar-refractivity contribution in [2.75, 3.05) is 0 Å². The van der Waals surface area contributed by atoms with E-state index in [9.17, 15) is 4.79 Å². The second-order valence-corrected chi connectivity index (χ2v) is 5.85. The maximum absolute atomic E-state index is 12.2. The lowest BCUT2D eigenvalue weighted by Crippen LogP contribution is -2.55. The first-order valence-corrected chi connectivity index (χ1v) is 7.05. The predicted octanol–water partition coefficient (Wildman–Crippen LogP) is 2.59. The minimum Gasteiger partial charge on any atom is -0.409 e. The average Bonchev–Trinajstić information content (AvgIpc) is 2.40. The van der Waals surface area contributed by atoms with Crippen molar-refractivity contribution in [3.63, 3.8) is 0 Å². The Hall–Kier alpha value is -1.02. The van der Waals surface area contributed by atoms with Gasteiger partial charge in [-0.05, 0) is 54.1 Å². The second kappa shape index (κ2) is 6.42. The van der Waals surface area contributed by atoms with Crippen molar-refractivity contribution in [2.24, 2.45) is 10.9 Å². The molecule has 1 rings (SSSR count). The Morgan fingerprint density at radius 3 is 2.79 bits per heavy atom. The molecule has 1 aromatic rings. The van der Waals surface area contributed by atoms with Crippen LogP contribution in [0.1, 0.15) is 30.6 Å². The van der Waals surface area contributed by atoms with E-state index in [0.29, 0.717) is 17.0 Å². The summed E-state index contributed by atoms with van der Waals surface area (Å²) in [4.78, 5) is 12.2. The third-order valence-corrected chi connectivity index (χ3v) is 4.12. The maximum atomic E-state index is 12.2. The van der Waals surface area contributed by atoms with Crippen molar-refractivity contribution < 1.29 is 10.0 Å². The number of oxime groups is 1. The number of nitrogens with one attached hydrogen (secondary N) is 1. The number of amides is 1. The van der Waals surface area contributed by atoms with Gasteiger partial charge in [0.25, 0.3) is 5.91 Å². The van der Waals surface area contributed by atoms with Crippen molar-refractivity contribution in [1.82, 2.24) is 5.32 Å². The van der Waals surface area contributed by atoms with Crippen LogP contribution in [0.25, 0.3) is 0 Å². The summed E-state index contributed by atoms with van der Waals surface area (Å²) in [5.41, 5.74) is 5.17. The molecule has 7 heteroatoms. The molecule has 0 radical (unpaired) electrons. The van der Waals surface area contributed by atoms with Gasteiger partial charge in [-0.3, -0.25) is 4.79 Å². The van der Waals surface area contributed by atoms with Gasteiger partial charge >= 0.3 is 0 Å². The first kappa shape index (κ1) is 16.0. The number of amidine groups is 1. The molecule has 4 N–H and O–H groups in total. The zero-order valence-corrected chi connectivity index (χ0v) is 13.5. The van der Waals surface area contributed by atoms with Crippen LogP contribution in [0.15, 0.2) is 23.4 Å². The Bertz CT molecular complexity index is 522. The van der Waals surface area contributed by atoms with Gasteiger partial charge < -0.3 is 16.3 Å². The molecule has 0 bridgehead atoms. The van der Waals surface area contributed by atoms with E-state index in [1.807, 2.05) is 6.92 Å². The molecular weight excluding hydrogens is 381 g/mol. The van der Waals surface area contributed by atoms with E-state index in [2.05, 4.69) is 33.1 Å². The largest absolute Gasteiger partial charge is 0.409 e. The highest BCUT2D eigenvalue weighted by molar-refractivity contribution is 14.1. The van der Waals surface area contributed by atoms with E-state index in [-0.39, 0.29) is 11.7 Å². The molecule has 1 amide bonds. The van der Waals surface area contributed by atoms with E-state index >= 15 is 0 Å². The van der Waals surface area contributed by atoms with Crippen molar-refractivity contribution in [1.29, 1.82) is 0 Å². The van der Waals surface area contributed by atoms with Gasteiger partial charge in [0.15, 0.2) is 5.84 Å². The van der Waals surface area contributed by atoms with Gasteiger partial charge in [-0.15, -0.1) is 0 Å². The van der Waals surface area contributed by atoms with Crippen LogP contribution in [0.4, 0.5) is 0 Å². The molecule has 0 aliphatic rings. The summed E-state index contributed by atoms with van der Waals surface area (Å²) in [7, 11) is 0. The van der Waals surface area contributed by atoms with Crippen LogP contribution in [0.2, 0.25) is 5.02 Å². The quantitative estimate of drug-likeness (QED) is 0.241. The summed E-state index contributed by atoms with van der Waals surface area (Å²) in [5, 5.41) is 15.0. The number of carbonyl (C=O) groups is 1. The van der Waals surface area contributed by atoms with Crippen LogP contribution < -0.4 is 11.1 Å². The number of nitrogens with two attached hydrogens (primary N) is 1. The summed E-state index contributed by atoms with van der Waals surface area (Å²) < 4.78 is 0.775. The Morgan fingerprint density at radius 2 is 2.26 bits per heavy atom. The molecule has 1 unspecified atom stereocenters. The van der Waals surface area contributed by atoms with Gasteiger partial charge in [-0.1, -0.05) is 23.7 Å². The minimum atomic E-state index is -0.906. The summed E-state index contributed by atoms with van der Waals surface area (Å²) in [6.45, 7) is 3.53. The normalized spacial score (nSPS) is 14.8. The van der Waals surface area contributed by atoms with Crippen molar-refractivity contribution in [3.05, 3.63) is 32.4 Å². The fourth-order valence-corrected chi connectivity index (χ4v) is 2.19. The van der Waals surface area contributed by atoms with E-state index in [4.69, 9.17) is 22.5 Å². The fourth-order valence-electron chi connectivity index (χ4n) is 1.43. The first-order chi connectivity index (χ1) is 8.84. The van der Waals surface area contributed by atoms with Crippen LogP contribution in [-0.4, -0.2) is 22.5 Å². The molecule has 1 atom stereocenters. The molecule has 0 saturated carbocycles. The minimum absolute atomic E-state index is 0.0413. The lowest BCUT2D eigenvalue weighted by Gasteiger charge is -2.28. The van der Waals surface area contributed by atoms with Crippen LogP contribution in [0.3, 0.4) is 0 Å². The first-order valence-electron chi connectivity index (χ1n) is 5.59. The van der Waals surface area contributed by atoms with E-state index in [1.54, 1.807) is 25.1 Å². The summed E-state index contributed by atoms with van der Waals surface area (Å²) in [6, 6.07) is 5.05. The van der Waals surface area contributed by atoms with Gasteiger partial charge in [-0.2, -0.15) is 0 Å². The molecule has 0 spiro atoms. The molecule has 1 aromatic carbocycles. The van der Waals surface area contributed by atoms with Gasteiger partial charge in [-0.25, -0.2) is 0 Å². The molecule has 0 heterocycles. The highest BCUT2D eigenvalue weighted by Crippen LogP contribution is 2.19. The van der Waals surface area contributed by atoms with Gasteiger partial charge in [0.1, 0.15) is 0 Å². The zero-order chi connectivity index (χ0) is 14.6. The van der Waals surface area contributed by atoms with Crippen molar-refractivity contribution in [2.45, 2.75) is 25.8 Å². The van der Waals surface area contributed by atoms with Crippen LogP contribution in [-0.2, 0) is 0 Å². The van der Waals surface area contributed by atoms with E-state index in [0.717, 1.165) is 3.57 Å². The van der Waals surface area contributed by atoms with E-state index in [1.165, 1.54) is 0 Å². The van der Waals surface area contributed by atoms with Crippen molar-refractivity contribution in [3.8, 4) is 0 Å². The molecule has 0 aliphatic heterocycles. The highest BCUT2D eigenvalue weighted by Gasteiger charge is 2.30. The number of halogens is 2. The third-order valence-electron chi connectivity index (χ3n) is 2.94. The second-order valence-electron chi connectivity index (χ2n) is 4.25. The topological polar surface area (TPSA) is 87.7 Å². The molecule has 0 fully saturated rings. The molecule has 19 heavy (non-hydrogen) atoms. The molecular formula is C12H15ClIN3O2. The van der Waals surface area contributed by atoms with Gasteiger partial charge in [0.2, 0.25) is 0 Å². The molecule has 5 nitrogen and oxygen atoms in total. The molecule has 0 aliphatic carbocycles. The number of hydrogen-bond donors (Lipinski definition) is 3. The molecule has 0 aromatic heterocycles. The standard InChI is InChI=1S/C12H15ClIN3O2/c1-3-12(2,11(15)17-19)16-10(18)8-6-7(13)4-5-9(8)14/h4-6,19H,3H2,1-2H3,(H2,15,17)(H,16,18). The maximum Gasteiger partial charge on any atom is 0.253 e. The Kier molecular flexibility index (Phi) is 5.42. The highest BCUT2D eigenvalue weighted by atomic mass is 127. The molecule has 0 saturated heterocycles. The summed E-state index contributed by atoms with van der Waals surface area (Å²) >= 11 is 7.94. The van der Waals surface area contributed by atoms with Crippen molar-refractivity contribution >= 4 is 45.9 Å². The number of benzene rings is 1. The average molecular weight is 396 g/mol. The lowest BCUT2D eigenvalue weighted by molar-refractivity contribution is 0.0924. The van der Waals surface area contributed by atoms with E-state index < -0.39 is 5.54 Å². The monoisotopic (exact) mass is 395 g/mol. The lowest BCUT2D eigenvalue weighted by atomic mass is 9.97. The number of carbonyl (C=O) groups excluding carboxylic acids is 1. The Morgan fingerprint density at radius 1 is 1.63 bits per heavy atom. The predicted molar refractivity (Wildman–Crippen MR) is 83.7 cm³/mol. The zero-order valence-electron chi connectivity index (χ0n) is 10.6. The summed E-state index contributed by atoms with van der Waals surface area (Å²) in [6.07, 6.45) is 0.492. The van der Waals surface area contributed by atoms with Crippen LogP contribution >= 0.6 is 34.2 Å².